The van der Waals surface area contributed by atoms with Gasteiger partial charge in [0.2, 0.25) is 0 Å². The van der Waals surface area contributed by atoms with Gasteiger partial charge < -0.3 is 20.5 Å². The molecule has 0 aliphatic heterocycles. The number of nitrogens with one attached hydrogen (secondary N) is 2. The molecule has 4 N–H and O–H groups in total. The number of carbonyl (C=O) groups is 3. The van der Waals surface area contributed by atoms with Crippen LogP contribution in [0.15, 0.2) is 46.0 Å². The maximum absolute atomic E-state index is 12.8. The predicted molar refractivity (Wildman–Crippen MR) is 143 cm³/mol. The first-order valence-electron chi connectivity index (χ1n) is 10.9. The van der Waals surface area contributed by atoms with Gasteiger partial charge in [-0.05, 0) is 55.7 Å². The molecule has 0 fully saturated rings. The van der Waals surface area contributed by atoms with Gasteiger partial charge in [-0.3, -0.25) is 14.4 Å². The van der Waals surface area contributed by atoms with Crippen LogP contribution in [0.2, 0.25) is 10.0 Å². The lowest BCUT2D eigenvalue weighted by molar-refractivity contribution is -0.132. The zero-order chi connectivity index (χ0) is 26.8. The van der Waals surface area contributed by atoms with E-state index < -0.39 is 29.9 Å². The van der Waals surface area contributed by atoms with Crippen molar-refractivity contribution in [2.24, 2.45) is 16.8 Å². The lowest BCUT2D eigenvalue weighted by Crippen LogP contribution is -2.49. The molecule has 0 aliphatic rings. The zero-order valence-electron chi connectivity index (χ0n) is 19.9. The summed E-state index contributed by atoms with van der Waals surface area (Å²) < 4.78 is 11.7. The Morgan fingerprint density at radius 3 is 2.42 bits per heavy atom. The number of benzene rings is 2. The van der Waals surface area contributed by atoms with Gasteiger partial charge in [0, 0.05) is 15.1 Å². The van der Waals surface area contributed by atoms with E-state index in [0.29, 0.717) is 28.5 Å². The standard InChI is InChI=1S/C24H27BrCl2N4O5/c1-13(2)8-19(30-23(33)14(3)36-21-7-5-17(26)10-18(21)27)24(34)31-29-11-15-9-16(25)4-6-20(15)35-12-22(28)32/h4-7,9-11,13-14,19H,8,12H2,1-3H3,(H2,28,32)(H,30,33)(H,31,34)/b29-11-/t14-,19+/m0/s1. The summed E-state index contributed by atoms with van der Waals surface area (Å²) >= 11 is 15.4. The van der Waals surface area contributed by atoms with E-state index in [1.807, 2.05) is 13.8 Å². The number of carbonyl (C=O) groups excluding carboxylic acids is 3. The highest BCUT2D eigenvalue weighted by atomic mass is 79.9. The van der Waals surface area contributed by atoms with Crippen LogP contribution in [0.5, 0.6) is 11.5 Å². The van der Waals surface area contributed by atoms with Crippen molar-refractivity contribution in [3.63, 3.8) is 0 Å². The molecule has 0 bridgehead atoms. The average Bonchev–Trinajstić information content (AvgIpc) is 2.79. The summed E-state index contributed by atoms with van der Waals surface area (Å²) in [6.07, 6.45) is 0.800. The summed E-state index contributed by atoms with van der Waals surface area (Å²) in [5.74, 6) is -0.890. The summed E-state index contributed by atoms with van der Waals surface area (Å²) in [4.78, 5) is 36.6. The Morgan fingerprint density at radius 1 is 1.08 bits per heavy atom. The van der Waals surface area contributed by atoms with E-state index >= 15 is 0 Å². The number of nitrogens with two attached hydrogens (primary N) is 1. The molecule has 0 aromatic heterocycles. The number of hydrogen-bond acceptors (Lipinski definition) is 6. The monoisotopic (exact) mass is 600 g/mol. The number of nitrogens with zero attached hydrogens (tertiary/aromatic N) is 1. The topological polar surface area (TPSA) is 132 Å². The Hall–Kier alpha value is -2.82. The summed E-state index contributed by atoms with van der Waals surface area (Å²) in [5, 5.41) is 7.38. The summed E-state index contributed by atoms with van der Waals surface area (Å²) in [6.45, 7) is 5.09. The fourth-order valence-corrected chi connectivity index (χ4v) is 3.78. The van der Waals surface area contributed by atoms with Crippen molar-refractivity contribution < 1.29 is 23.9 Å². The van der Waals surface area contributed by atoms with E-state index in [1.165, 1.54) is 12.3 Å². The van der Waals surface area contributed by atoms with Gasteiger partial charge in [0.05, 0.1) is 11.2 Å². The van der Waals surface area contributed by atoms with Crippen molar-refractivity contribution in [1.82, 2.24) is 10.7 Å². The van der Waals surface area contributed by atoms with Crippen molar-refractivity contribution >= 4 is 63.1 Å². The van der Waals surface area contributed by atoms with E-state index in [-0.39, 0.29) is 17.5 Å². The molecule has 3 amide bonds. The number of primary amides is 1. The van der Waals surface area contributed by atoms with Crippen LogP contribution in [0.4, 0.5) is 0 Å². The summed E-state index contributed by atoms with van der Waals surface area (Å²) in [5.41, 5.74) is 8.06. The number of hydrazone groups is 1. The molecule has 12 heteroatoms. The molecule has 0 unspecified atom stereocenters. The van der Waals surface area contributed by atoms with Crippen LogP contribution in [0.1, 0.15) is 32.8 Å². The molecule has 36 heavy (non-hydrogen) atoms. The number of hydrogen-bond donors (Lipinski definition) is 3. The highest BCUT2D eigenvalue weighted by molar-refractivity contribution is 9.10. The highest BCUT2D eigenvalue weighted by Crippen LogP contribution is 2.28. The van der Waals surface area contributed by atoms with Gasteiger partial charge in [0.25, 0.3) is 17.7 Å². The lowest BCUT2D eigenvalue weighted by atomic mass is 10.0. The number of halogens is 3. The Kier molecular flexibility index (Phi) is 11.5. The average molecular weight is 602 g/mol. The molecule has 0 radical (unpaired) electrons. The maximum atomic E-state index is 12.8. The van der Waals surface area contributed by atoms with Gasteiger partial charge >= 0.3 is 0 Å². The van der Waals surface area contributed by atoms with Gasteiger partial charge in [0.15, 0.2) is 12.7 Å². The van der Waals surface area contributed by atoms with E-state index in [1.54, 1.807) is 37.3 Å². The van der Waals surface area contributed by atoms with Crippen LogP contribution < -0.4 is 25.9 Å². The third kappa shape index (κ3) is 9.67. The van der Waals surface area contributed by atoms with E-state index in [0.717, 1.165) is 4.47 Å². The quantitative estimate of drug-likeness (QED) is 0.249. The minimum absolute atomic E-state index is 0.103. The Balaban J connectivity index is 2.06. The second-order valence-electron chi connectivity index (χ2n) is 8.20. The second kappa shape index (κ2) is 14.1. The van der Waals surface area contributed by atoms with E-state index in [2.05, 4.69) is 31.8 Å². The molecule has 2 aromatic carbocycles. The SMILES string of the molecule is CC(C)C[C@@H](NC(=O)[C@H](C)Oc1ccc(Cl)cc1Cl)C(=O)N/N=C\c1cc(Br)ccc1OCC(N)=O. The molecule has 2 rings (SSSR count). The van der Waals surface area contributed by atoms with Crippen LogP contribution in [0.3, 0.4) is 0 Å². The lowest BCUT2D eigenvalue weighted by Gasteiger charge is -2.22. The first-order valence-corrected chi connectivity index (χ1v) is 12.5. The molecule has 194 valence electrons. The largest absolute Gasteiger partial charge is 0.483 e. The molecule has 0 aliphatic carbocycles. The summed E-state index contributed by atoms with van der Waals surface area (Å²) in [7, 11) is 0. The summed E-state index contributed by atoms with van der Waals surface area (Å²) in [6, 6.07) is 8.84. The fourth-order valence-electron chi connectivity index (χ4n) is 2.95. The molecular formula is C24H27BrCl2N4O5. The van der Waals surface area contributed by atoms with Crippen LogP contribution in [0, 0.1) is 5.92 Å². The van der Waals surface area contributed by atoms with E-state index in [4.69, 9.17) is 38.4 Å². The van der Waals surface area contributed by atoms with Crippen molar-refractivity contribution in [2.75, 3.05) is 6.61 Å². The van der Waals surface area contributed by atoms with E-state index in [9.17, 15) is 14.4 Å². The van der Waals surface area contributed by atoms with Gasteiger partial charge in [0.1, 0.15) is 17.5 Å². The normalized spacial score (nSPS) is 12.8. The number of amides is 3. The van der Waals surface area contributed by atoms with Gasteiger partial charge in [-0.2, -0.15) is 5.10 Å². The van der Waals surface area contributed by atoms with Crippen LogP contribution in [0.25, 0.3) is 0 Å². The molecule has 0 saturated carbocycles. The smallest absolute Gasteiger partial charge is 0.262 e. The molecule has 0 heterocycles. The van der Waals surface area contributed by atoms with Crippen LogP contribution in [-0.4, -0.2) is 42.7 Å². The minimum atomic E-state index is -0.929. The number of ether oxygens (including phenoxy) is 2. The number of rotatable bonds is 12. The molecule has 0 spiro atoms. The van der Waals surface area contributed by atoms with Crippen molar-refractivity contribution in [1.29, 1.82) is 0 Å². The van der Waals surface area contributed by atoms with Crippen molar-refractivity contribution in [2.45, 2.75) is 39.3 Å². The minimum Gasteiger partial charge on any atom is -0.483 e. The first-order chi connectivity index (χ1) is 17.0. The third-order valence-corrected chi connectivity index (χ3v) is 5.65. The van der Waals surface area contributed by atoms with Crippen LogP contribution >= 0.6 is 39.1 Å². The van der Waals surface area contributed by atoms with Gasteiger partial charge in [-0.25, -0.2) is 5.43 Å². The Morgan fingerprint density at radius 2 is 1.78 bits per heavy atom. The Labute approximate surface area is 227 Å². The molecular weight excluding hydrogens is 575 g/mol. The van der Waals surface area contributed by atoms with Gasteiger partial charge in [-0.1, -0.05) is 53.0 Å². The Bertz CT molecular complexity index is 1130. The van der Waals surface area contributed by atoms with Crippen LogP contribution in [-0.2, 0) is 14.4 Å². The van der Waals surface area contributed by atoms with Crippen molar-refractivity contribution in [3.8, 4) is 11.5 Å². The highest BCUT2D eigenvalue weighted by Gasteiger charge is 2.25. The molecule has 9 nitrogen and oxygen atoms in total. The maximum Gasteiger partial charge on any atom is 0.262 e. The molecule has 2 atom stereocenters. The fraction of sp³-hybridized carbons (Fsp3) is 0.333. The van der Waals surface area contributed by atoms with Gasteiger partial charge in [-0.15, -0.1) is 0 Å². The zero-order valence-corrected chi connectivity index (χ0v) is 23.0. The predicted octanol–water partition coefficient (Wildman–Crippen LogP) is 4.07. The molecule has 0 saturated heterocycles. The first kappa shape index (κ1) is 29.4. The second-order valence-corrected chi connectivity index (χ2v) is 9.96. The van der Waals surface area contributed by atoms with Crippen molar-refractivity contribution in [3.05, 3.63) is 56.5 Å². The molecule has 2 aromatic rings. The third-order valence-electron chi connectivity index (χ3n) is 4.63.